The number of rotatable bonds is 5. The zero-order valence-electron chi connectivity index (χ0n) is 14.1. The van der Waals surface area contributed by atoms with Crippen molar-refractivity contribution in [3.05, 3.63) is 56.8 Å². The van der Waals surface area contributed by atoms with Gasteiger partial charge in [-0.25, -0.2) is 4.98 Å². The number of pyridine rings is 1. The van der Waals surface area contributed by atoms with E-state index >= 15 is 0 Å². The summed E-state index contributed by atoms with van der Waals surface area (Å²) in [5, 5.41) is 4.15. The molecule has 2 aromatic rings. The van der Waals surface area contributed by atoms with Crippen molar-refractivity contribution in [3.63, 3.8) is 0 Å². The lowest BCUT2D eigenvalue weighted by Gasteiger charge is -2.22. The summed E-state index contributed by atoms with van der Waals surface area (Å²) in [5.41, 5.74) is 0.994. The highest BCUT2D eigenvalue weighted by molar-refractivity contribution is 6.40. The summed E-state index contributed by atoms with van der Waals surface area (Å²) in [4.78, 5) is 16.8. The van der Waals surface area contributed by atoms with Crippen LogP contribution >= 0.6 is 34.8 Å². The number of hydrogen-bond acceptors (Lipinski definition) is 3. The van der Waals surface area contributed by atoms with Crippen LogP contribution in [0.5, 0.6) is 5.75 Å². The first-order chi connectivity index (χ1) is 12.5. The van der Waals surface area contributed by atoms with Crippen LogP contribution in [0.4, 0.5) is 0 Å². The minimum atomic E-state index is -0.152. The zero-order chi connectivity index (χ0) is 18.5. The molecule has 26 heavy (non-hydrogen) atoms. The van der Waals surface area contributed by atoms with Crippen molar-refractivity contribution in [3.8, 4) is 5.75 Å². The number of amides is 1. The van der Waals surface area contributed by atoms with Crippen LogP contribution in [0.1, 0.15) is 48.3 Å². The predicted molar refractivity (Wildman–Crippen MR) is 104 cm³/mol. The van der Waals surface area contributed by atoms with Gasteiger partial charge in [-0.3, -0.25) is 4.79 Å². The maximum absolute atomic E-state index is 12.4. The molecular formula is C19H19Cl3N2O2. The molecule has 0 bridgehead atoms. The van der Waals surface area contributed by atoms with Crippen molar-refractivity contribution in [1.82, 2.24) is 10.3 Å². The molecule has 7 heteroatoms. The van der Waals surface area contributed by atoms with E-state index in [1.54, 1.807) is 30.3 Å². The average Bonchev–Trinajstić information content (AvgIpc) is 2.62. The summed E-state index contributed by atoms with van der Waals surface area (Å²) in [6.07, 6.45) is 5.63. The van der Waals surface area contributed by atoms with Crippen molar-refractivity contribution in [2.24, 2.45) is 0 Å². The highest BCUT2D eigenvalue weighted by atomic mass is 35.5. The highest BCUT2D eigenvalue weighted by Crippen LogP contribution is 2.36. The highest BCUT2D eigenvalue weighted by Gasteiger charge is 2.17. The second kappa shape index (κ2) is 8.94. The Bertz CT molecular complexity index is 769. The molecule has 0 unspecified atom stereocenters. The van der Waals surface area contributed by atoms with Gasteiger partial charge in [0.05, 0.1) is 15.7 Å². The van der Waals surface area contributed by atoms with Crippen molar-refractivity contribution in [2.75, 3.05) is 0 Å². The van der Waals surface area contributed by atoms with Crippen molar-refractivity contribution < 1.29 is 9.53 Å². The van der Waals surface area contributed by atoms with E-state index in [9.17, 15) is 4.79 Å². The zero-order valence-corrected chi connectivity index (χ0v) is 16.4. The number of ether oxygens (including phenoxy) is 1. The van der Waals surface area contributed by atoms with E-state index < -0.39 is 0 Å². The van der Waals surface area contributed by atoms with Crippen LogP contribution < -0.4 is 10.1 Å². The lowest BCUT2D eigenvalue weighted by Crippen LogP contribution is -2.36. The lowest BCUT2D eigenvalue weighted by atomic mass is 9.95. The third-order valence-electron chi connectivity index (χ3n) is 4.31. The number of nitrogens with zero attached hydrogens (tertiary/aromatic N) is 1. The summed E-state index contributed by atoms with van der Waals surface area (Å²) in [6, 6.07) is 8.63. The van der Waals surface area contributed by atoms with Gasteiger partial charge in [-0.15, -0.1) is 0 Å². The van der Waals surface area contributed by atoms with Crippen LogP contribution in [0.15, 0.2) is 30.3 Å². The maximum Gasteiger partial charge on any atom is 0.270 e. The van der Waals surface area contributed by atoms with Crippen LogP contribution in [0.25, 0.3) is 0 Å². The van der Waals surface area contributed by atoms with Crippen molar-refractivity contribution >= 4 is 40.7 Å². The van der Waals surface area contributed by atoms with Gasteiger partial charge in [0.2, 0.25) is 0 Å². The predicted octanol–water partition coefficient (Wildman–Crippen LogP) is 5.68. The first-order valence-electron chi connectivity index (χ1n) is 8.57. The Morgan fingerprint density at radius 1 is 1.12 bits per heavy atom. The first kappa shape index (κ1) is 19.3. The molecular weight excluding hydrogens is 395 g/mol. The molecule has 1 aliphatic rings. The molecule has 0 atom stereocenters. The summed E-state index contributed by atoms with van der Waals surface area (Å²) in [6.45, 7) is 0.144. The second-order valence-corrected chi connectivity index (χ2v) is 7.56. The SMILES string of the molecule is O=C(NC1CCCCC1)c1cccc(COc2c(Cl)cc(Cl)cc2Cl)n1. The molecule has 1 saturated carbocycles. The number of halogens is 3. The minimum Gasteiger partial charge on any atom is -0.484 e. The quantitative estimate of drug-likeness (QED) is 0.685. The molecule has 1 aromatic heterocycles. The molecule has 0 spiro atoms. The van der Waals surface area contributed by atoms with Gasteiger partial charge in [0.1, 0.15) is 12.3 Å². The van der Waals surface area contributed by atoms with E-state index in [2.05, 4.69) is 10.3 Å². The van der Waals surface area contributed by atoms with Crippen molar-refractivity contribution in [1.29, 1.82) is 0 Å². The fourth-order valence-electron chi connectivity index (χ4n) is 3.01. The lowest BCUT2D eigenvalue weighted by molar-refractivity contribution is 0.0922. The maximum atomic E-state index is 12.4. The van der Waals surface area contributed by atoms with Gasteiger partial charge in [0.25, 0.3) is 5.91 Å². The molecule has 1 fully saturated rings. The molecule has 4 nitrogen and oxygen atoms in total. The molecule has 0 saturated heterocycles. The summed E-state index contributed by atoms with van der Waals surface area (Å²) in [7, 11) is 0. The van der Waals surface area contributed by atoms with Gasteiger partial charge in [-0.05, 0) is 37.1 Å². The molecule has 3 rings (SSSR count). The van der Waals surface area contributed by atoms with E-state index in [4.69, 9.17) is 39.5 Å². The van der Waals surface area contributed by atoms with E-state index in [0.717, 1.165) is 25.7 Å². The first-order valence-corrected chi connectivity index (χ1v) is 9.70. The van der Waals surface area contributed by atoms with Crippen LogP contribution in [0.3, 0.4) is 0 Å². The number of carbonyl (C=O) groups excluding carboxylic acids is 1. The van der Waals surface area contributed by atoms with Gasteiger partial charge in [-0.1, -0.05) is 60.1 Å². The van der Waals surface area contributed by atoms with Gasteiger partial charge in [-0.2, -0.15) is 0 Å². The molecule has 1 aliphatic carbocycles. The molecule has 138 valence electrons. The monoisotopic (exact) mass is 412 g/mol. The topological polar surface area (TPSA) is 51.2 Å². The summed E-state index contributed by atoms with van der Waals surface area (Å²) >= 11 is 18.1. The molecule has 1 heterocycles. The Morgan fingerprint density at radius 2 is 1.81 bits per heavy atom. The second-order valence-electron chi connectivity index (χ2n) is 6.31. The molecule has 1 amide bonds. The third-order valence-corrected chi connectivity index (χ3v) is 5.09. The minimum absolute atomic E-state index is 0.144. The fourth-order valence-corrected chi connectivity index (χ4v) is 3.93. The standard InChI is InChI=1S/C19H19Cl3N2O2/c20-12-9-15(21)18(16(22)10-12)26-11-14-7-4-8-17(23-14)19(25)24-13-5-2-1-3-6-13/h4,7-10,13H,1-3,5-6,11H2,(H,24,25). The Labute approximate surface area is 167 Å². The Hall–Kier alpha value is -1.49. The van der Waals surface area contributed by atoms with Gasteiger partial charge >= 0.3 is 0 Å². The Morgan fingerprint density at radius 3 is 2.50 bits per heavy atom. The van der Waals surface area contributed by atoms with Crippen LogP contribution in [0.2, 0.25) is 15.1 Å². The van der Waals surface area contributed by atoms with Gasteiger partial charge < -0.3 is 10.1 Å². The molecule has 0 aliphatic heterocycles. The third kappa shape index (κ3) is 5.03. The van der Waals surface area contributed by atoms with E-state index in [0.29, 0.717) is 32.2 Å². The number of nitrogens with one attached hydrogen (secondary N) is 1. The van der Waals surface area contributed by atoms with Crippen molar-refractivity contribution in [2.45, 2.75) is 44.8 Å². The van der Waals surface area contributed by atoms with E-state index in [1.165, 1.54) is 6.42 Å². The molecule has 0 radical (unpaired) electrons. The van der Waals surface area contributed by atoms with E-state index in [-0.39, 0.29) is 18.6 Å². The fraction of sp³-hybridized carbons (Fsp3) is 0.368. The largest absolute Gasteiger partial charge is 0.484 e. The van der Waals surface area contributed by atoms with Gasteiger partial charge in [0, 0.05) is 11.1 Å². The molecule has 1 aromatic carbocycles. The van der Waals surface area contributed by atoms with Crippen LogP contribution in [-0.4, -0.2) is 16.9 Å². The van der Waals surface area contributed by atoms with E-state index in [1.807, 2.05) is 0 Å². The van der Waals surface area contributed by atoms with Crippen LogP contribution in [0, 0.1) is 0 Å². The number of hydrogen-bond donors (Lipinski definition) is 1. The number of carbonyl (C=O) groups is 1. The summed E-state index contributed by atoms with van der Waals surface area (Å²) in [5.74, 6) is 0.193. The van der Waals surface area contributed by atoms with Gasteiger partial charge in [0.15, 0.2) is 5.75 Å². The number of aromatic nitrogens is 1. The summed E-state index contributed by atoms with van der Waals surface area (Å²) < 4.78 is 5.68. The molecule has 1 N–H and O–H groups in total. The number of benzene rings is 1. The normalized spacial score (nSPS) is 14.9. The smallest absolute Gasteiger partial charge is 0.270 e. The van der Waals surface area contributed by atoms with Crippen LogP contribution in [-0.2, 0) is 6.61 Å². The average molecular weight is 414 g/mol. The Balaban J connectivity index is 1.65. The Kier molecular flexibility index (Phi) is 6.63.